The molecule has 1 N–H and O–H groups in total. The lowest BCUT2D eigenvalue weighted by Gasteiger charge is -2.36. The van der Waals surface area contributed by atoms with Gasteiger partial charge >= 0.3 is 11.8 Å². The normalized spacial score (nSPS) is 15.7. The predicted molar refractivity (Wildman–Crippen MR) is 99.6 cm³/mol. The maximum Gasteiger partial charge on any atom is 0.410 e. The molecule has 0 aliphatic carbocycles. The fourth-order valence-corrected chi connectivity index (χ4v) is 3.80. The molecule has 1 aliphatic rings. The van der Waals surface area contributed by atoms with Crippen LogP contribution < -0.4 is 10.6 Å². The zero-order valence-electron chi connectivity index (χ0n) is 15.1. The molecule has 3 rings (SSSR count). The van der Waals surface area contributed by atoms with Crippen molar-refractivity contribution in [1.82, 2.24) is 14.9 Å². The molecule has 0 saturated carbocycles. The topological polar surface area (TPSA) is 78.5 Å². The zero-order chi connectivity index (χ0) is 18.2. The van der Waals surface area contributed by atoms with Crippen LogP contribution in [0, 0.1) is 0 Å². The zero-order valence-corrected chi connectivity index (χ0v) is 15.9. The third kappa shape index (κ3) is 3.95. The van der Waals surface area contributed by atoms with E-state index >= 15 is 0 Å². The number of hydrogen-bond acceptors (Lipinski definition) is 6. The average Bonchev–Trinajstić information content (AvgIpc) is 2.95. The Hall–Kier alpha value is -2.09. The first-order valence-electron chi connectivity index (χ1n) is 8.52. The third-order valence-corrected chi connectivity index (χ3v) is 5.22. The van der Waals surface area contributed by atoms with E-state index < -0.39 is 5.60 Å². The highest BCUT2D eigenvalue weighted by Crippen LogP contribution is 2.30. The van der Waals surface area contributed by atoms with Crippen LogP contribution in [-0.4, -0.2) is 52.7 Å². The van der Waals surface area contributed by atoms with E-state index in [0.717, 1.165) is 22.5 Å². The fraction of sp³-hybridized carbons (Fsp3) is 0.588. The number of aromatic nitrogens is 2. The summed E-state index contributed by atoms with van der Waals surface area (Å²) in [7, 11) is 0. The number of carbonyl (C=O) groups excluding carboxylic acids is 1. The Labute approximate surface area is 150 Å². The number of nitrogens with zero attached hydrogens (tertiary/aromatic N) is 3. The van der Waals surface area contributed by atoms with Crippen molar-refractivity contribution >= 4 is 33.5 Å². The minimum atomic E-state index is -0.496. The van der Waals surface area contributed by atoms with Gasteiger partial charge in [0.15, 0.2) is 0 Å². The second kappa shape index (κ2) is 6.67. The summed E-state index contributed by atoms with van der Waals surface area (Å²) in [5, 5.41) is 0.979. The van der Waals surface area contributed by atoms with Gasteiger partial charge in [-0.15, -0.1) is 11.3 Å². The molecular weight excluding hydrogens is 340 g/mol. The first-order valence-corrected chi connectivity index (χ1v) is 9.34. The van der Waals surface area contributed by atoms with Crippen LogP contribution in [0.5, 0.6) is 0 Å². The van der Waals surface area contributed by atoms with Gasteiger partial charge in [-0.25, -0.2) is 9.59 Å². The Balaban J connectivity index is 1.77. The van der Waals surface area contributed by atoms with Crippen molar-refractivity contribution in [3.05, 3.63) is 21.4 Å². The molecule has 0 aromatic carbocycles. The summed E-state index contributed by atoms with van der Waals surface area (Å²) < 4.78 is 5.43. The lowest BCUT2D eigenvalue weighted by molar-refractivity contribution is 0.0240. The monoisotopic (exact) mass is 364 g/mol. The number of ether oxygens (including phenoxy) is 1. The Bertz CT molecular complexity index is 829. The minimum Gasteiger partial charge on any atom is -0.444 e. The average molecular weight is 364 g/mol. The molecule has 7 nitrogen and oxygen atoms in total. The summed E-state index contributed by atoms with van der Waals surface area (Å²) in [5.74, 6) is 0.801. The van der Waals surface area contributed by atoms with Crippen LogP contribution in [0.15, 0.2) is 10.9 Å². The molecule has 0 atom stereocenters. The number of rotatable bonds is 2. The Kier molecular flexibility index (Phi) is 4.73. The van der Waals surface area contributed by atoms with E-state index in [1.54, 1.807) is 16.2 Å². The fourth-order valence-electron chi connectivity index (χ4n) is 2.84. The Morgan fingerprint density at radius 3 is 2.60 bits per heavy atom. The van der Waals surface area contributed by atoms with Gasteiger partial charge in [-0.05, 0) is 33.3 Å². The summed E-state index contributed by atoms with van der Waals surface area (Å²) in [6.07, 6.45) is 0.630. The van der Waals surface area contributed by atoms with Gasteiger partial charge in [0.2, 0.25) is 0 Å². The van der Waals surface area contributed by atoms with Crippen molar-refractivity contribution in [1.29, 1.82) is 0 Å². The number of aromatic amines is 1. The quantitative estimate of drug-likeness (QED) is 0.886. The molecule has 136 valence electrons. The molecule has 0 radical (unpaired) electrons. The van der Waals surface area contributed by atoms with E-state index in [9.17, 15) is 9.59 Å². The van der Waals surface area contributed by atoms with E-state index in [-0.39, 0.29) is 11.8 Å². The van der Waals surface area contributed by atoms with Crippen molar-refractivity contribution in [2.45, 2.75) is 39.7 Å². The number of carbonyl (C=O) groups is 1. The smallest absolute Gasteiger partial charge is 0.410 e. The molecule has 2 aromatic heterocycles. The molecule has 1 aliphatic heterocycles. The van der Waals surface area contributed by atoms with E-state index in [1.165, 1.54) is 4.88 Å². The molecule has 0 unspecified atom stereocenters. The van der Waals surface area contributed by atoms with Gasteiger partial charge in [-0.3, -0.25) is 4.98 Å². The number of piperazine rings is 1. The number of hydrogen-bond donors (Lipinski definition) is 1. The van der Waals surface area contributed by atoms with Crippen LogP contribution in [0.25, 0.3) is 10.2 Å². The van der Waals surface area contributed by atoms with Gasteiger partial charge in [-0.2, -0.15) is 4.98 Å². The highest BCUT2D eigenvalue weighted by molar-refractivity contribution is 7.18. The first kappa shape index (κ1) is 17.7. The lowest BCUT2D eigenvalue weighted by Crippen LogP contribution is -2.50. The lowest BCUT2D eigenvalue weighted by atomic mass is 10.2. The number of nitrogens with one attached hydrogen (secondary N) is 1. The Morgan fingerprint density at radius 1 is 1.32 bits per heavy atom. The van der Waals surface area contributed by atoms with Gasteiger partial charge in [0.05, 0.1) is 5.39 Å². The largest absolute Gasteiger partial charge is 0.444 e. The van der Waals surface area contributed by atoms with Gasteiger partial charge in [0.1, 0.15) is 16.2 Å². The van der Waals surface area contributed by atoms with Crippen LogP contribution in [0.4, 0.5) is 10.6 Å². The van der Waals surface area contributed by atoms with E-state index in [2.05, 4.69) is 27.9 Å². The van der Waals surface area contributed by atoms with Gasteiger partial charge < -0.3 is 14.5 Å². The van der Waals surface area contributed by atoms with Gasteiger partial charge in [0, 0.05) is 31.1 Å². The van der Waals surface area contributed by atoms with Crippen LogP contribution in [0.1, 0.15) is 32.6 Å². The molecule has 1 amide bonds. The summed E-state index contributed by atoms with van der Waals surface area (Å²) in [6, 6.07) is 2.10. The highest BCUT2D eigenvalue weighted by Gasteiger charge is 2.27. The number of aryl methyl sites for hydroxylation is 1. The van der Waals surface area contributed by atoms with E-state index in [0.29, 0.717) is 26.2 Å². The number of amides is 1. The van der Waals surface area contributed by atoms with Gasteiger partial charge in [0.25, 0.3) is 0 Å². The second-order valence-corrected chi connectivity index (χ2v) is 8.25. The van der Waals surface area contributed by atoms with E-state index in [4.69, 9.17) is 4.74 Å². The molecule has 3 heterocycles. The second-order valence-electron chi connectivity index (χ2n) is 7.13. The number of anilines is 1. The van der Waals surface area contributed by atoms with Crippen molar-refractivity contribution in [3.8, 4) is 0 Å². The molecule has 1 saturated heterocycles. The summed E-state index contributed by atoms with van der Waals surface area (Å²) >= 11 is 1.56. The van der Waals surface area contributed by atoms with Crippen molar-refractivity contribution in [3.63, 3.8) is 0 Å². The minimum absolute atomic E-state index is 0.288. The van der Waals surface area contributed by atoms with E-state index in [1.807, 2.05) is 20.8 Å². The maximum absolute atomic E-state index is 12.2. The first-order chi connectivity index (χ1) is 11.8. The molecule has 2 aromatic rings. The molecule has 8 heteroatoms. The molecule has 0 spiro atoms. The third-order valence-electron chi connectivity index (χ3n) is 4.04. The number of H-pyrrole nitrogens is 1. The van der Waals surface area contributed by atoms with Crippen LogP contribution in [0.3, 0.4) is 0 Å². The van der Waals surface area contributed by atoms with Gasteiger partial charge in [-0.1, -0.05) is 6.92 Å². The molecular formula is C17H24N4O3S. The van der Waals surface area contributed by atoms with Crippen molar-refractivity contribution in [2.24, 2.45) is 0 Å². The summed E-state index contributed by atoms with van der Waals surface area (Å²) in [4.78, 5) is 36.8. The predicted octanol–water partition coefficient (Wildman–Crippen LogP) is 2.60. The molecule has 25 heavy (non-hydrogen) atoms. The van der Waals surface area contributed by atoms with Crippen molar-refractivity contribution < 1.29 is 9.53 Å². The van der Waals surface area contributed by atoms with Crippen LogP contribution >= 0.6 is 11.3 Å². The maximum atomic E-state index is 12.2. The number of thiophene rings is 1. The van der Waals surface area contributed by atoms with Crippen molar-refractivity contribution in [2.75, 3.05) is 31.1 Å². The number of fused-ring (bicyclic) bond motifs is 1. The highest BCUT2D eigenvalue weighted by atomic mass is 32.1. The molecule has 1 fully saturated rings. The summed E-state index contributed by atoms with van der Waals surface area (Å²) in [5.41, 5.74) is -0.828. The standard InChI is InChI=1S/C17H24N4O3S/c1-5-11-10-12-13(18-15(22)19-14(12)25-11)20-6-8-21(9-7-20)16(23)24-17(2,3)4/h10H,5-9H2,1-4H3,(H,18,19,22). The SMILES string of the molecule is CCc1cc2c(N3CCN(C(=O)OC(C)(C)C)CC3)[nH]c(=O)nc2s1. The Morgan fingerprint density at radius 2 is 2.00 bits per heavy atom. The van der Waals surface area contributed by atoms with Crippen LogP contribution in [-0.2, 0) is 11.2 Å². The molecule has 0 bridgehead atoms. The van der Waals surface area contributed by atoms with Crippen LogP contribution in [0.2, 0.25) is 0 Å². The summed E-state index contributed by atoms with van der Waals surface area (Å²) in [6.45, 7) is 10.1.